The van der Waals surface area contributed by atoms with Crippen molar-refractivity contribution in [3.8, 4) is 6.07 Å². The monoisotopic (exact) mass is 384 g/mol. The maximum atomic E-state index is 12.5. The summed E-state index contributed by atoms with van der Waals surface area (Å²) in [5.74, 6) is -1.29. The Hall–Kier alpha value is -3.15. The van der Waals surface area contributed by atoms with E-state index in [4.69, 9.17) is 19.2 Å². The lowest BCUT2D eigenvalue weighted by Gasteiger charge is -2.12. The zero-order chi connectivity index (χ0) is 19.4. The van der Waals surface area contributed by atoms with Crippen LogP contribution >= 0.6 is 11.3 Å². The van der Waals surface area contributed by atoms with E-state index in [9.17, 15) is 9.59 Å². The molecule has 3 rings (SSSR count). The number of nitriles is 1. The van der Waals surface area contributed by atoms with Crippen LogP contribution in [-0.2, 0) is 20.9 Å². The number of hydrogen-bond acceptors (Lipinski definition) is 7. The van der Waals surface area contributed by atoms with E-state index in [0.29, 0.717) is 21.7 Å². The molecule has 2 aromatic heterocycles. The highest BCUT2D eigenvalue weighted by Gasteiger charge is 2.26. The molecule has 0 spiro atoms. The van der Waals surface area contributed by atoms with Crippen molar-refractivity contribution in [2.24, 2.45) is 0 Å². The van der Waals surface area contributed by atoms with E-state index in [1.807, 2.05) is 18.2 Å². The van der Waals surface area contributed by atoms with Crippen molar-refractivity contribution in [3.63, 3.8) is 0 Å². The van der Waals surface area contributed by atoms with E-state index in [1.54, 1.807) is 23.6 Å². The largest absolute Gasteiger partial charge is 0.449 e. The molecule has 1 N–H and O–H groups in total. The van der Waals surface area contributed by atoms with E-state index < -0.39 is 18.0 Å². The fourth-order valence-electron chi connectivity index (χ4n) is 2.53. The summed E-state index contributed by atoms with van der Waals surface area (Å²) in [6, 6.07) is 10.8. The van der Waals surface area contributed by atoms with E-state index in [1.165, 1.54) is 25.4 Å². The van der Waals surface area contributed by atoms with Crippen LogP contribution in [0.1, 0.15) is 28.6 Å². The van der Waals surface area contributed by atoms with Crippen LogP contribution < -0.4 is 5.32 Å². The van der Waals surface area contributed by atoms with Crippen LogP contribution in [0, 0.1) is 11.3 Å². The average Bonchev–Trinajstić information content (AvgIpc) is 3.26. The van der Waals surface area contributed by atoms with Gasteiger partial charge in [0.2, 0.25) is 5.76 Å². The normalized spacial score (nSPS) is 11.7. The quantitative estimate of drug-likeness (QED) is 0.650. The number of methoxy groups -OCH3 is 1. The Morgan fingerprint density at radius 3 is 2.85 bits per heavy atom. The second-order valence-electron chi connectivity index (χ2n) is 5.65. The van der Waals surface area contributed by atoms with Gasteiger partial charge in [0.15, 0.2) is 6.10 Å². The van der Waals surface area contributed by atoms with Gasteiger partial charge in [-0.1, -0.05) is 18.2 Å². The molecular formula is C19H16N2O5S. The Morgan fingerprint density at radius 2 is 2.11 bits per heavy atom. The van der Waals surface area contributed by atoms with Crippen LogP contribution in [0.15, 0.2) is 40.1 Å². The summed E-state index contributed by atoms with van der Waals surface area (Å²) in [7, 11) is 1.51. The van der Waals surface area contributed by atoms with Crippen LogP contribution in [0.3, 0.4) is 0 Å². The van der Waals surface area contributed by atoms with Crippen molar-refractivity contribution in [2.45, 2.75) is 19.6 Å². The first-order chi connectivity index (χ1) is 13.0. The molecule has 2 heterocycles. The van der Waals surface area contributed by atoms with Crippen molar-refractivity contribution in [3.05, 3.63) is 52.6 Å². The summed E-state index contributed by atoms with van der Waals surface area (Å²) < 4.78 is 16.0. The van der Waals surface area contributed by atoms with Gasteiger partial charge in [-0.25, -0.2) is 4.79 Å². The summed E-state index contributed by atoms with van der Waals surface area (Å²) >= 11 is 1.22. The molecule has 0 fully saturated rings. The predicted molar refractivity (Wildman–Crippen MR) is 99.5 cm³/mol. The Morgan fingerprint density at radius 1 is 1.33 bits per heavy atom. The van der Waals surface area contributed by atoms with E-state index >= 15 is 0 Å². The van der Waals surface area contributed by atoms with E-state index in [2.05, 4.69) is 5.32 Å². The topological polar surface area (TPSA) is 102 Å². The highest BCUT2D eigenvalue weighted by molar-refractivity contribution is 7.14. The number of fused-ring (bicyclic) bond motifs is 1. The number of carbonyl (C=O) groups is 2. The second kappa shape index (κ2) is 8.03. The van der Waals surface area contributed by atoms with Crippen molar-refractivity contribution in [2.75, 3.05) is 12.4 Å². The molecule has 1 aromatic carbocycles. The molecule has 0 saturated heterocycles. The van der Waals surface area contributed by atoms with Gasteiger partial charge in [-0.3, -0.25) is 4.79 Å². The minimum atomic E-state index is -1.07. The van der Waals surface area contributed by atoms with Crippen molar-refractivity contribution >= 4 is 39.2 Å². The maximum Gasteiger partial charge on any atom is 0.375 e. The molecule has 0 bridgehead atoms. The van der Waals surface area contributed by atoms with Gasteiger partial charge in [0.1, 0.15) is 16.7 Å². The van der Waals surface area contributed by atoms with Gasteiger partial charge in [-0.15, -0.1) is 11.3 Å². The number of furan rings is 1. The van der Waals surface area contributed by atoms with Gasteiger partial charge in [0, 0.05) is 18.1 Å². The number of para-hydroxylation sites is 1. The molecule has 27 heavy (non-hydrogen) atoms. The zero-order valence-corrected chi connectivity index (χ0v) is 15.5. The fourth-order valence-corrected chi connectivity index (χ4v) is 3.27. The lowest BCUT2D eigenvalue weighted by atomic mass is 10.1. The van der Waals surface area contributed by atoms with Gasteiger partial charge in [0.05, 0.1) is 12.2 Å². The molecule has 0 aliphatic carbocycles. The minimum Gasteiger partial charge on any atom is -0.449 e. The Kier molecular flexibility index (Phi) is 5.54. The number of nitrogens with one attached hydrogen (secondary N) is 1. The first-order valence-corrected chi connectivity index (χ1v) is 8.92. The van der Waals surface area contributed by atoms with Crippen molar-refractivity contribution < 1.29 is 23.5 Å². The third kappa shape index (κ3) is 3.84. The molecule has 0 aliphatic rings. The number of carbonyl (C=O) groups excluding carboxylic acids is 2. The van der Waals surface area contributed by atoms with Gasteiger partial charge < -0.3 is 19.2 Å². The van der Waals surface area contributed by atoms with Gasteiger partial charge in [-0.2, -0.15) is 5.26 Å². The van der Waals surface area contributed by atoms with Crippen LogP contribution in [0.5, 0.6) is 0 Å². The zero-order valence-electron chi connectivity index (χ0n) is 14.6. The first-order valence-electron chi connectivity index (χ1n) is 8.04. The van der Waals surface area contributed by atoms with E-state index in [-0.39, 0.29) is 12.4 Å². The molecule has 1 atom stereocenters. The van der Waals surface area contributed by atoms with Crippen LogP contribution in [-0.4, -0.2) is 25.1 Å². The summed E-state index contributed by atoms with van der Waals surface area (Å²) in [4.78, 5) is 24.8. The highest BCUT2D eigenvalue weighted by atomic mass is 32.1. The third-order valence-corrected chi connectivity index (χ3v) is 4.68. The molecule has 3 aromatic rings. The number of ether oxygens (including phenoxy) is 2. The molecule has 138 valence electrons. The summed E-state index contributed by atoms with van der Waals surface area (Å²) in [6.07, 6.45) is -1.07. The van der Waals surface area contributed by atoms with E-state index in [0.717, 1.165) is 5.39 Å². The molecule has 0 unspecified atom stereocenters. The molecule has 0 radical (unpaired) electrons. The van der Waals surface area contributed by atoms with Gasteiger partial charge >= 0.3 is 5.97 Å². The second-order valence-corrected chi connectivity index (χ2v) is 6.57. The summed E-state index contributed by atoms with van der Waals surface area (Å²) in [6.45, 7) is 1.62. The molecule has 0 saturated carbocycles. The molecule has 0 aliphatic heterocycles. The first kappa shape index (κ1) is 18.6. The minimum absolute atomic E-state index is 0.00605. The number of benzene rings is 1. The molecule has 1 amide bonds. The average molecular weight is 384 g/mol. The number of nitrogens with zero attached hydrogens (tertiary/aromatic N) is 1. The number of esters is 1. The van der Waals surface area contributed by atoms with Crippen molar-refractivity contribution in [1.29, 1.82) is 5.26 Å². The summed E-state index contributed by atoms with van der Waals surface area (Å²) in [5.41, 5.74) is 1.45. The Balaban J connectivity index is 1.76. The fraction of sp³-hybridized carbons (Fsp3) is 0.211. The lowest BCUT2D eigenvalue weighted by Crippen LogP contribution is -2.30. The lowest BCUT2D eigenvalue weighted by molar-refractivity contribution is -0.123. The molecular weight excluding hydrogens is 368 g/mol. The number of amides is 1. The van der Waals surface area contributed by atoms with Crippen molar-refractivity contribution in [1.82, 2.24) is 0 Å². The maximum absolute atomic E-state index is 12.5. The number of hydrogen-bond donors (Lipinski definition) is 1. The smallest absolute Gasteiger partial charge is 0.375 e. The Bertz CT molecular complexity index is 1030. The van der Waals surface area contributed by atoms with Crippen LogP contribution in [0.25, 0.3) is 11.0 Å². The van der Waals surface area contributed by atoms with Crippen LogP contribution in [0.2, 0.25) is 0 Å². The highest BCUT2D eigenvalue weighted by Crippen LogP contribution is 2.28. The molecule has 7 nitrogen and oxygen atoms in total. The third-order valence-electron chi connectivity index (χ3n) is 3.85. The Labute approximate surface area is 159 Å². The SMILES string of the molecule is COCc1c(C(=O)O[C@@H](C)C(=O)Nc2sccc2C#N)oc2ccccc12. The number of anilines is 1. The summed E-state index contributed by atoms with van der Waals surface area (Å²) in [5, 5.41) is 14.4. The number of thiophene rings is 1. The molecule has 8 heteroatoms. The van der Waals surface area contributed by atoms with Crippen LogP contribution in [0.4, 0.5) is 5.00 Å². The van der Waals surface area contributed by atoms with Gasteiger partial charge in [0.25, 0.3) is 5.91 Å². The predicted octanol–water partition coefficient (Wildman–Crippen LogP) is 3.70. The van der Waals surface area contributed by atoms with Gasteiger partial charge in [-0.05, 0) is 24.4 Å². The standard InChI is InChI=1S/C19H16N2O5S/c1-11(17(22)21-18-12(9-20)7-8-27-18)25-19(23)16-14(10-24-2)13-5-3-4-6-15(13)26-16/h3-8,11H,10H2,1-2H3,(H,21,22)/t11-/m0/s1. The number of rotatable bonds is 6.